The van der Waals surface area contributed by atoms with Crippen molar-refractivity contribution in [3.05, 3.63) is 23.2 Å². The minimum Gasteiger partial charge on any atom is -0.493 e. The Hall–Kier alpha value is -0.890. The van der Waals surface area contributed by atoms with Crippen LogP contribution in [0.2, 0.25) is 5.02 Å². The molecule has 1 aliphatic carbocycles. The van der Waals surface area contributed by atoms with Gasteiger partial charge in [-0.25, -0.2) is 0 Å². The summed E-state index contributed by atoms with van der Waals surface area (Å²) in [4.78, 5) is 0. The molecule has 0 N–H and O–H groups in total. The van der Waals surface area contributed by atoms with E-state index in [4.69, 9.17) is 21.1 Å². The maximum Gasteiger partial charge on any atom is 0.180 e. The van der Waals surface area contributed by atoms with E-state index in [1.165, 1.54) is 12.8 Å². The SMILES string of the molecule is COc1cccc(Cl)c1OC1CCCC1. The van der Waals surface area contributed by atoms with Crippen LogP contribution >= 0.6 is 11.6 Å². The first kappa shape index (κ1) is 10.6. The van der Waals surface area contributed by atoms with E-state index >= 15 is 0 Å². The van der Waals surface area contributed by atoms with Crippen LogP contribution in [0.3, 0.4) is 0 Å². The molecule has 0 spiro atoms. The van der Waals surface area contributed by atoms with Crippen molar-refractivity contribution >= 4 is 11.6 Å². The second-order valence-electron chi connectivity index (χ2n) is 3.80. The van der Waals surface area contributed by atoms with Gasteiger partial charge in [-0.3, -0.25) is 0 Å². The molecule has 0 atom stereocenters. The summed E-state index contributed by atoms with van der Waals surface area (Å²) in [7, 11) is 1.63. The summed E-state index contributed by atoms with van der Waals surface area (Å²) in [5, 5.41) is 0.626. The van der Waals surface area contributed by atoms with Crippen LogP contribution in [-0.4, -0.2) is 13.2 Å². The molecule has 82 valence electrons. The summed E-state index contributed by atoms with van der Waals surface area (Å²) in [6, 6.07) is 5.56. The number of halogens is 1. The Balaban J connectivity index is 2.17. The third-order valence-electron chi connectivity index (χ3n) is 2.74. The Kier molecular flexibility index (Phi) is 3.37. The number of rotatable bonds is 3. The molecular formula is C12H15ClO2. The number of para-hydroxylation sites is 1. The normalized spacial score (nSPS) is 16.7. The van der Waals surface area contributed by atoms with Crippen molar-refractivity contribution in [3.63, 3.8) is 0 Å². The fraction of sp³-hybridized carbons (Fsp3) is 0.500. The topological polar surface area (TPSA) is 18.5 Å². The molecule has 0 aromatic heterocycles. The Morgan fingerprint density at radius 3 is 2.67 bits per heavy atom. The van der Waals surface area contributed by atoms with Crippen molar-refractivity contribution in [2.24, 2.45) is 0 Å². The predicted molar refractivity (Wildman–Crippen MR) is 60.9 cm³/mol. The molecule has 0 bridgehead atoms. The van der Waals surface area contributed by atoms with Gasteiger partial charge in [0, 0.05) is 0 Å². The summed E-state index contributed by atoms with van der Waals surface area (Å²) in [6.45, 7) is 0. The van der Waals surface area contributed by atoms with E-state index in [0.29, 0.717) is 16.9 Å². The smallest absolute Gasteiger partial charge is 0.180 e. The fourth-order valence-corrected chi connectivity index (χ4v) is 2.15. The minimum atomic E-state index is 0.304. The second kappa shape index (κ2) is 4.75. The van der Waals surface area contributed by atoms with E-state index < -0.39 is 0 Å². The van der Waals surface area contributed by atoms with Crippen LogP contribution in [0.15, 0.2) is 18.2 Å². The molecule has 1 saturated carbocycles. The van der Waals surface area contributed by atoms with Gasteiger partial charge >= 0.3 is 0 Å². The van der Waals surface area contributed by atoms with E-state index in [1.54, 1.807) is 7.11 Å². The lowest BCUT2D eigenvalue weighted by molar-refractivity contribution is 0.201. The standard InChI is InChI=1S/C12H15ClO2/c1-14-11-8-4-7-10(13)12(11)15-9-5-2-3-6-9/h4,7-9H,2-3,5-6H2,1H3. The van der Waals surface area contributed by atoms with Crippen LogP contribution in [-0.2, 0) is 0 Å². The van der Waals surface area contributed by atoms with Gasteiger partial charge in [-0.1, -0.05) is 17.7 Å². The lowest BCUT2D eigenvalue weighted by Crippen LogP contribution is -2.11. The molecule has 0 amide bonds. The lowest BCUT2D eigenvalue weighted by Gasteiger charge is -2.16. The third-order valence-corrected chi connectivity index (χ3v) is 3.04. The largest absolute Gasteiger partial charge is 0.493 e. The highest BCUT2D eigenvalue weighted by atomic mass is 35.5. The van der Waals surface area contributed by atoms with Crippen LogP contribution in [0.1, 0.15) is 25.7 Å². The number of hydrogen-bond acceptors (Lipinski definition) is 2. The number of benzene rings is 1. The fourth-order valence-electron chi connectivity index (χ4n) is 1.94. The highest BCUT2D eigenvalue weighted by Gasteiger charge is 2.19. The Labute approximate surface area is 95.1 Å². The van der Waals surface area contributed by atoms with E-state index in [0.717, 1.165) is 18.6 Å². The molecule has 0 saturated heterocycles. The first-order valence-corrected chi connectivity index (χ1v) is 5.68. The van der Waals surface area contributed by atoms with Gasteiger partial charge in [0.15, 0.2) is 11.5 Å². The maximum atomic E-state index is 6.08. The molecule has 1 aliphatic rings. The molecule has 0 heterocycles. The van der Waals surface area contributed by atoms with Gasteiger partial charge in [0.25, 0.3) is 0 Å². The minimum absolute atomic E-state index is 0.304. The number of hydrogen-bond donors (Lipinski definition) is 0. The molecule has 0 aliphatic heterocycles. The highest BCUT2D eigenvalue weighted by molar-refractivity contribution is 6.32. The summed E-state index contributed by atoms with van der Waals surface area (Å²) in [6.07, 6.45) is 5.04. The summed E-state index contributed by atoms with van der Waals surface area (Å²) >= 11 is 6.08. The quantitative estimate of drug-likeness (QED) is 0.783. The molecule has 3 heteroatoms. The van der Waals surface area contributed by atoms with Crippen molar-refractivity contribution in [3.8, 4) is 11.5 Å². The Morgan fingerprint density at radius 1 is 1.27 bits per heavy atom. The molecule has 15 heavy (non-hydrogen) atoms. The van der Waals surface area contributed by atoms with Gasteiger partial charge in [0.2, 0.25) is 0 Å². The number of methoxy groups -OCH3 is 1. The predicted octanol–water partition coefficient (Wildman–Crippen LogP) is 3.67. The van der Waals surface area contributed by atoms with Crippen LogP contribution in [0.5, 0.6) is 11.5 Å². The van der Waals surface area contributed by atoms with Gasteiger partial charge in [0.1, 0.15) is 0 Å². The van der Waals surface area contributed by atoms with Crippen molar-refractivity contribution in [1.82, 2.24) is 0 Å². The molecule has 2 rings (SSSR count). The van der Waals surface area contributed by atoms with E-state index in [1.807, 2.05) is 18.2 Å². The van der Waals surface area contributed by atoms with Crippen molar-refractivity contribution in [1.29, 1.82) is 0 Å². The highest BCUT2D eigenvalue weighted by Crippen LogP contribution is 2.37. The molecule has 2 nitrogen and oxygen atoms in total. The summed E-state index contributed by atoms with van der Waals surface area (Å²) in [5.74, 6) is 1.41. The summed E-state index contributed by atoms with van der Waals surface area (Å²) in [5.41, 5.74) is 0. The van der Waals surface area contributed by atoms with E-state index in [-0.39, 0.29) is 0 Å². The van der Waals surface area contributed by atoms with Gasteiger partial charge < -0.3 is 9.47 Å². The van der Waals surface area contributed by atoms with Crippen molar-refractivity contribution in [2.45, 2.75) is 31.8 Å². The zero-order valence-electron chi connectivity index (χ0n) is 8.83. The number of ether oxygens (including phenoxy) is 2. The lowest BCUT2D eigenvalue weighted by atomic mass is 10.3. The van der Waals surface area contributed by atoms with Crippen LogP contribution < -0.4 is 9.47 Å². The maximum absolute atomic E-state index is 6.08. The van der Waals surface area contributed by atoms with Gasteiger partial charge in [-0.15, -0.1) is 0 Å². The average molecular weight is 227 g/mol. The van der Waals surface area contributed by atoms with Crippen LogP contribution in [0.4, 0.5) is 0 Å². The molecular weight excluding hydrogens is 212 g/mol. The Bertz CT molecular complexity index is 332. The monoisotopic (exact) mass is 226 g/mol. The van der Waals surface area contributed by atoms with Gasteiger partial charge in [-0.2, -0.15) is 0 Å². The average Bonchev–Trinajstić information content (AvgIpc) is 2.74. The molecule has 0 radical (unpaired) electrons. The van der Waals surface area contributed by atoms with Gasteiger partial charge in [0.05, 0.1) is 18.2 Å². The zero-order chi connectivity index (χ0) is 10.7. The zero-order valence-corrected chi connectivity index (χ0v) is 9.59. The summed E-state index contributed by atoms with van der Waals surface area (Å²) < 4.78 is 11.1. The third kappa shape index (κ3) is 2.37. The Morgan fingerprint density at radius 2 is 2.00 bits per heavy atom. The molecule has 1 fully saturated rings. The van der Waals surface area contributed by atoms with Crippen LogP contribution in [0.25, 0.3) is 0 Å². The van der Waals surface area contributed by atoms with E-state index in [9.17, 15) is 0 Å². The van der Waals surface area contributed by atoms with Crippen molar-refractivity contribution in [2.75, 3.05) is 7.11 Å². The first-order chi connectivity index (χ1) is 7.31. The second-order valence-corrected chi connectivity index (χ2v) is 4.20. The molecule has 0 unspecified atom stereocenters. The first-order valence-electron chi connectivity index (χ1n) is 5.30. The van der Waals surface area contributed by atoms with Crippen molar-refractivity contribution < 1.29 is 9.47 Å². The van der Waals surface area contributed by atoms with E-state index in [2.05, 4.69) is 0 Å². The van der Waals surface area contributed by atoms with Crippen LogP contribution in [0, 0.1) is 0 Å². The van der Waals surface area contributed by atoms with Gasteiger partial charge in [-0.05, 0) is 37.8 Å². The molecule has 1 aromatic carbocycles. The molecule has 1 aromatic rings.